The van der Waals surface area contributed by atoms with Gasteiger partial charge in [0.15, 0.2) is 0 Å². The van der Waals surface area contributed by atoms with Crippen LogP contribution in [0.3, 0.4) is 0 Å². The molecule has 2 N–H and O–H groups in total. The smallest absolute Gasteiger partial charge is 0.0665 e. The predicted octanol–water partition coefficient (Wildman–Crippen LogP) is 4.14. The molecule has 0 aromatic carbocycles. The number of rotatable bonds is 0. The zero-order valence-electron chi connectivity index (χ0n) is 15.4. The average Bonchev–Trinajstić information content (AvgIpc) is 3.06. The van der Waals surface area contributed by atoms with Crippen LogP contribution in [-0.4, -0.2) is 21.4 Å². The first-order valence-electron chi connectivity index (χ1n) is 10.2. The molecule has 4 aliphatic carbocycles. The predicted molar refractivity (Wildman–Crippen MR) is 94.8 cm³/mol. The molecule has 1 aromatic rings. The normalized spacial score (nSPS) is 49.9. The maximum atomic E-state index is 10.2. The molecule has 1 heterocycles. The second-order valence-electron chi connectivity index (χ2n) is 9.92. The highest BCUT2D eigenvalue weighted by Gasteiger charge is 2.59. The van der Waals surface area contributed by atoms with Crippen LogP contribution in [0.4, 0.5) is 0 Å². The summed E-state index contributed by atoms with van der Waals surface area (Å²) in [5.41, 5.74) is 5.08. The molecule has 132 valence electrons. The lowest BCUT2D eigenvalue weighted by molar-refractivity contribution is -0.111. The molecule has 0 spiro atoms. The minimum Gasteiger partial charge on any atom is -0.393 e. The van der Waals surface area contributed by atoms with E-state index in [1.807, 2.05) is 0 Å². The maximum Gasteiger partial charge on any atom is 0.0665 e. The summed E-state index contributed by atoms with van der Waals surface area (Å²) in [5.74, 6) is 3.29. The molecule has 0 unspecified atom stereocenters. The molecule has 3 heteroatoms. The van der Waals surface area contributed by atoms with Gasteiger partial charge in [-0.05, 0) is 92.8 Å². The van der Waals surface area contributed by atoms with Gasteiger partial charge in [0.25, 0.3) is 0 Å². The Morgan fingerprint density at radius 2 is 1.92 bits per heavy atom. The number of aromatic nitrogens is 2. The molecule has 3 saturated carbocycles. The van der Waals surface area contributed by atoms with Crippen molar-refractivity contribution >= 4 is 0 Å². The number of aryl methyl sites for hydroxylation is 1. The van der Waals surface area contributed by atoms with Gasteiger partial charge in [-0.3, -0.25) is 5.10 Å². The van der Waals surface area contributed by atoms with Crippen LogP contribution in [0.5, 0.6) is 0 Å². The molecule has 1 aromatic heterocycles. The van der Waals surface area contributed by atoms with E-state index >= 15 is 0 Å². The Morgan fingerprint density at radius 1 is 1.08 bits per heavy atom. The van der Waals surface area contributed by atoms with Gasteiger partial charge in [-0.25, -0.2) is 0 Å². The van der Waals surface area contributed by atoms with E-state index in [1.54, 1.807) is 5.56 Å². The SMILES string of the molecule is Cc1[nH]nc2c1[C@@]1(C)CC[C@@H]3[C@H](CC[C@H]4C[C@H](O)CC[C@@]43C)[C@@H]1C2. The van der Waals surface area contributed by atoms with E-state index in [2.05, 4.69) is 31.0 Å². The van der Waals surface area contributed by atoms with Crippen LogP contribution in [0.25, 0.3) is 0 Å². The Hall–Kier alpha value is -0.830. The summed E-state index contributed by atoms with van der Waals surface area (Å²) < 4.78 is 0. The van der Waals surface area contributed by atoms with Crippen molar-refractivity contribution in [3.05, 3.63) is 17.0 Å². The number of nitrogens with zero attached hydrogens (tertiary/aromatic N) is 1. The number of nitrogens with one attached hydrogen (secondary N) is 1. The summed E-state index contributed by atoms with van der Waals surface area (Å²) in [6.45, 7) is 7.32. The average molecular weight is 329 g/mol. The zero-order valence-corrected chi connectivity index (χ0v) is 15.4. The fourth-order valence-corrected chi connectivity index (χ4v) is 7.84. The molecule has 24 heavy (non-hydrogen) atoms. The Balaban J connectivity index is 1.50. The molecule has 3 fully saturated rings. The van der Waals surface area contributed by atoms with Gasteiger partial charge in [0, 0.05) is 11.3 Å². The first kappa shape index (κ1) is 15.4. The van der Waals surface area contributed by atoms with Gasteiger partial charge < -0.3 is 5.11 Å². The quantitative estimate of drug-likeness (QED) is 0.752. The Bertz CT molecular complexity index is 667. The van der Waals surface area contributed by atoms with Gasteiger partial charge in [0.05, 0.1) is 11.8 Å². The lowest BCUT2D eigenvalue weighted by Crippen LogP contribution is -2.54. The van der Waals surface area contributed by atoms with Gasteiger partial charge in [-0.15, -0.1) is 0 Å². The number of H-pyrrole nitrogens is 1. The number of fused-ring (bicyclic) bond motifs is 7. The van der Waals surface area contributed by atoms with Crippen molar-refractivity contribution < 1.29 is 5.11 Å². The standard InChI is InChI=1S/C21H32N2O/c1-12-19-18(23-22-12)11-17-15-5-4-13-10-14(24)6-8-20(13,2)16(15)7-9-21(17,19)3/h13-17,24H,4-11H2,1-3H3,(H,22,23)/t13-,14+,15-,16+,17-,20-,21-/m0/s1. The van der Waals surface area contributed by atoms with Crippen molar-refractivity contribution in [1.29, 1.82) is 0 Å². The van der Waals surface area contributed by atoms with Gasteiger partial charge in [0.2, 0.25) is 0 Å². The third kappa shape index (κ3) is 1.80. The molecule has 0 amide bonds. The molecule has 5 rings (SSSR count). The highest BCUT2D eigenvalue weighted by molar-refractivity contribution is 5.40. The Morgan fingerprint density at radius 3 is 2.75 bits per heavy atom. The van der Waals surface area contributed by atoms with Gasteiger partial charge in [-0.1, -0.05) is 13.8 Å². The molecule has 0 aliphatic heterocycles. The summed E-state index contributed by atoms with van der Waals surface area (Å²) in [7, 11) is 0. The topological polar surface area (TPSA) is 48.9 Å². The van der Waals surface area contributed by atoms with Crippen LogP contribution >= 0.6 is 0 Å². The number of hydrogen-bond acceptors (Lipinski definition) is 2. The number of aliphatic hydroxyl groups excluding tert-OH is 1. The Labute approximate surface area is 145 Å². The number of hydrogen-bond donors (Lipinski definition) is 2. The first-order chi connectivity index (χ1) is 11.4. The summed E-state index contributed by atoms with van der Waals surface area (Å²) in [5, 5.41) is 18.1. The van der Waals surface area contributed by atoms with Gasteiger partial charge in [0.1, 0.15) is 0 Å². The van der Waals surface area contributed by atoms with E-state index in [9.17, 15) is 5.11 Å². The maximum absolute atomic E-state index is 10.2. The summed E-state index contributed by atoms with van der Waals surface area (Å²) >= 11 is 0. The van der Waals surface area contributed by atoms with E-state index in [-0.39, 0.29) is 6.10 Å². The molecule has 0 saturated heterocycles. The third-order valence-corrected chi connectivity index (χ3v) is 9.03. The van der Waals surface area contributed by atoms with E-state index in [1.165, 1.54) is 49.9 Å². The lowest BCUT2D eigenvalue weighted by Gasteiger charge is -2.60. The highest BCUT2D eigenvalue weighted by atomic mass is 16.3. The number of aromatic amines is 1. The lowest BCUT2D eigenvalue weighted by atomic mass is 9.45. The first-order valence-corrected chi connectivity index (χ1v) is 10.2. The molecular formula is C21H32N2O. The Kier molecular flexibility index (Phi) is 3.13. The van der Waals surface area contributed by atoms with Crippen molar-refractivity contribution in [3.8, 4) is 0 Å². The summed E-state index contributed by atoms with van der Waals surface area (Å²) in [6.07, 6.45) is 9.92. The van der Waals surface area contributed by atoms with Crippen molar-refractivity contribution in [3.63, 3.8) is 0 Å². The molecule has 7 atom stereocenters. The highest BCUT2D eigenvalue weighted by Crippen LogP contribution is 2.65. The molecular weight excluding hydrogens is 296 g/mol. The van der Waals surface area contributed by atoms with Crippen LogP contribution in [0.1, 0.15) is 75.7 Å². The minimum absolute atomic E-state index is 0.0347. The van der Waals surface area contributed by atoms with Crippen LogP contribution in [0.2, 0.25) is 0 Å². The molecule has 3 nitrogen and oxygen atoms in total. The minimum atomic E-state index is -0.0347. The van der Waals surface area contributed by atoms with Crippen LogP contribution in [0, 0.1) is 36.0 Å². The van der Waals surface area contributed by atoms with Crippen molar-refractivity contribution in [2.24, 2.45) is 29.1 Å². The van der Waals surface area contributed by atoms with E-state index in [0.717, 1.165) is 36.5 Å². The van der Waals surface area contributed by atoms with E-state index in [4.69, 9.17) is 0 Å². The fraction of sp³-hybridized carbons (Fsp3) is 0.857. The van der Waals surface area contributed by atoms with E-state index in [0.29, 0.717) is 10.8 Å². The van der Waals surface area contributed by atoms with Gasteiger partial charge in [-0.2, -0.15) is 5.10 Å². The summed E-state index contributed by atoms with van der Waals surface area (Å²) in [6, 6.07) is 0. The monoisotopic (exact) mass is 328 g/mol. The van der Waals surface area contributed by atoms with Crippen molar-refractivity contribution in [2.75, 3.05) is 0 Å². The van der Waals surface area contributed by atoms with Crippen LogP contribution in [0.15, 0.2) is 0 Å². The van der Waals surface area contributed by atoms with Crippen molar-refractivity contribution in [1.82, 2.24) is 10.2 Å². The van der Waals surface area contributed by atoms with Crippen molar-refractivity contribution in [2.45, 2.75) is 83.7 Å². The largest absolute Gasteiger partial charge is 0.393 e. The number of aliphatic hydroxyl groups is 1. The van der Waals surface area contributed by atoms with Gasteiger partial charge >= 0.3 is 0 Å². The van der Waals surface area contributed by atoms with E-state index < -0.39 is 0 Å². The molecule has 0 radical (unpaired) electrons. The fourth-order valence-electron chi connectivity index (χ4n) is 7.84. The third-order valence-electron chi connectivity index (χ3n) is 9.03. The van der Waals surface area contributed by atoms with Crippen LogP contribution < -0.4 is 0 Å². The second-order valence-corrected chi connectivity index (χ2v) is 9.92. The van der Waals surface area contributed by atoms with Crippen LogP contribution in [-0.2, 0) is 11.8 Å². The zero-order chi connectivity index (χ0) is 16.7. The second kappa shape index (κ2) is 4.87. The summed E-state index contributed by atoms with van der Waals surface area (Å²) in [4.78, 5) is 0. The molecule has 4 aliphatic rings. The molecule has 0 bridgehead atoms.